The molecule has 2 aromatic heterocycles. The molecule has 3 rings (SSSR count). The molecule has 1 aromatic carbocycles. The van der Waals surface area contributed by atoms with Gasteiger partial charge in [0.2, 0.25) is 0 Å². The largest absolute Gasteiger partial charge is 0.318 e. The van der Waals surface area contributed by atoms with Crippen LogP contribution < -0.4 is 5.32 Å². The van der Waals surface area contributed by atoms with Crippen molar-refractivity contribution in [2.24, 2.45) is 0 Å². The highest BCUT2D eigenvalue weighted by Crippen LogP contribution is 2.23. The standard InChI is InChI=1S/C15H9BrF2N4O/c16-9-6-11(18)13(7-10(9)17)21-15(23)12-2-1-3-14(20-12)22-5-4-19-8-22/h1-8H,(H,21,23). The fraction of sp³-hybridized carbons (Fsp3) is 0. The van der Waals surface area contributed by atoms with Crippen LogP contribution in [0.4, 0.5) is 14.5 Å². The number of rotatable bonds is 3. The minimum Gasteiger partial charge on any atom is -0.318 e. The molecule has 0 saturated heterocycles. The first-order chi connectivity index (χ1) is 11.0. The highest BCUT2D eigenvalue weighted by atomic mass is 79.9. The van der Waals surface area contributed by atoms with Crippen molar-refractivity contribution in [1.82, 2.24) is 14.5 Å². The third kappa shape index (κ3) is 3.26. The van der Waals surface area contributed by atoms with Crippen LogP contribution in [0.25, 0.3) is 5.82 Å². The highest BCUT2D eigenvalue weighted by molar-refractivity contribution is 9.10. The zero-order valence-electron chi connectivity index (χ0n) is 11.5. The van der Waals surface area contributed by atoms with Crippen LogP contribution in [0.15, 0.2) is 53.5 Å². The van der Waals surface area contributed by atoms with Gasteiger partial charge in [0.15, 0.2) is 0 Å². The Balaban J connectivity index is 1.87. The van der Waals surface area contributed by atoms with Gasteiger partial charge in [0.1, 0.15) is 29.5 Å². The normalized spacial score (nSPS) is 10.6. The number of amides is 1. The Bertz CT molecular complexity index is 868. The predicted octanol–water partition coefficient (Wildman–Crippen LogP) is 3.56. The number of anilines is 1. The number of hydrogen-bond donors (Lipinski definition) is 1. The lowest BCUT2D eigenvalue weighted by Crippen LogP contribution is -2.15. The summed E-state index contributed by atoms with van der Waals surface area (Å²) in [5, 5.41) is 2.30. The SMILES string of the molecule is O=C(Nc1cc(F)c(Br)cc1F)c1cccc(-n2ccnc2)n1. The summed E-state index contributed by atoms with van der Waals surface area (Å²) >= 11 is 2.87. The van der Waals surface area contributed by atoms with Gasteiger partial charge >= 0.3 is 0 Å². The molecular formula is C15H9BrF2N4O. The van der Waals surface area contributed by atoms with Crippen LogP contribution in [0.2, 0.25) is 0 Å². The molecule has 0 fully saturated rings. The zero-order chi connectivity index (χ0) is 16.4. The molecule has 0 unspecified atom stereocenters. The average Bonchev–Trinajstić information content (AvgIpc) is 3.07. The maximum Gasteiger partial charge on any atom is 0.274 e. The van der Waals surface area contributed by atoms with Crippen molar-refractivity contribution < 1.29 is 13.6 Å². The van der Waals surface area contributed by atoms with Gasteiger partial charge in [0.05, 0.1) is 10.2 Å². The quantitative estimate of drug-likeness (QED) is 0.708. The minimum absolute atomic E-state index is 0.0202. The van der Waals surface area contributed by atoms with Crippen molar-refractivity contribution >= 4 is 27.5 Å². The summed E-state index contributed by atoms with van der Waals surface area (Å²) in [6, 6.07) is 6.65. The van der Waals surface area contributed by atoms with Gasteiger partial charge < -0.3 is 5.32 Å². The van der Waals surface area contributed by atoms with Gasteiger partial charge in [-0.1, -0.05) is 6.07 Å². The lowest BCUT2D eigenvalue weighted by Gasteiger charge is -2.08. The monoisotopic (exact) mass is 378 g/mol. The Hall–Kier alpha value is -2.61. The van der Waals surface area contributed by atoms with Crippen molar-refractivity contribution in [3.05, 3.63) is 70.9 Å². The summed E-state index contributed by atoms with van der Waals surface area (Å²) in [7, 11) is 0. The second-order valence-electron chi connectivity index (χ2n) is 4.55. The van der Waals surface area contributed by atoms with Crippen molar-refractivity contribution in [1.29, 1.82) is 0 Å². The number of imidazole rings is 1. The van der Waals surface area contributed by atoms with Crippen molar-refractivity contribution in [3.63, 3.8) is 0 Å². The van der Waals surface area contributed by atoms with E-state index in [0.717, 1.165) is 12.1 Å². The summed E-state index contributed by atoms with van der Waals surface area (Å²) < 4.78 is 28.8. The summed E-state index contributed by atoms with van der Waals surface area (Å²) in [5.74, 6) is -1.59. The minimum atomic E-state index is -0.752. The Labute approximate surface area is 138 Å². The van der Waals surface area contributed by atoms with Gasteiger partial charge in [-0.15, -0.1) is 0 Å². The molecule has 0 spiro atoms. The lowest BCUT2D eigenvalue weighted by atomic mass is 10.2. The molecule has 1 amide bonds. The van der Waals surface area contributed by atoms with Gasteiger partial charge in [0, 0.05) is 18.5 Å². The van der Waals surface area contributed by atoms with Crippen LogP contribution in [0.3, 0.4) is 0 Å². The molecule has 5 nitrogen and oxygen atoms in total. The number of hydrogen-bond acceptors (Lipinski definition) is 3. The zero-order valence-corrected chi connectivity index (χ0v) is 13.1. The van der Waals surface area contributed by atoms with Crippen LogP contribution in [-0.2, 0) is 0 Å². The van der Waals surface area contributed by atoms with E-state index >= 15 is 0 Å². The van der Waals surface area contributed by atoms with Gasteiger partial charge in [-0.2, -0.15) is 0 Å². The van der Waals surface area contributed by atoms with Crippen LogP contribution >= 0.6 is 15.9 Å². The molecule has 0 aliphatic carbocycles. The van der Waals surface area contributed by atoms with Crippen molar-refractivity contribution in [2.75, 3.05) is 5.32 Å². The number of benzene rings is 1. The van der Waals surface area contributed by atoms with E-state index in [4.69, 9.17) is 0 Å². The Morgan fingerprint density at radius 1 is 1.22 bits per heavy atom. The number of carbonyl (C=O) groups is 1. The van der Waals surface area contributed by atoms with Crippen molar-refractivity contribution in [3.8, 4) is 5.82 Å². The number of nitrogens with one attached hydrogen (secondary N) is 1. The third-order valence-corrected chi connectivity index (χ3v) is 3.60. The number of pyridine rings is 1. The van der Waals surface area contributed by atoms with E-state index in [9.17, 15) is 13.6 Å². The summed E-state index contributed by atoms with van der Waals surface area (Å²) in [6.45, 7) is 0. The number of carbonyl (C=O) groups excluding carboxylic acids is 1. The summed E-state index contributed by atoms with van der Waals surface area (Å²) in [5.41, 5.74) is -0.190. The summed E-state index contributed by atoms with van der Waals surface area (Å²) in [4.78, 5) is 20.2. The van der Waals surface area contributed by atoms with Crippen LogP contribution in [0.1, 0.15) is 10.5 Å². The molecule has 0 radical (unpaired) electrons. The first kappa shape index (κ1) is 15.3. The third-order valence-electron chi connectivity index (χ3n) is 2.99. The van der Waals surface area contributed by atoms with E-state index in [1.54, 1.807) is 29.1 Å². The van der Waals surface area contributed by atoms with E-state index in [-0.39, 0.29) is 15.9 Å². The lowest BCUT2D eigenvalue weighted by molar-refractivity contribution is 0.102. The molecule has 3 aromatic rings. The second-order valence-corrected chi connectivity index (χ2v) is 5.41. The molecular weight excluding hydrogens is 370 g/mol. The second kappa shape index (κ2) is 6.25. The van der Waals surface area contributed by atoms with E-state index in [1.807, 2.05) is 0 Å². The smallest absolute Gasteiger partial charge is 0.274 e. The molecule has 0 bridgehead atoms. The van der Waals surface area contributed by atoms with E-state index in [1.165, 1.54) is 12.4 Å². The molecule has 116 valence electrons. The number of aromatic nitrogens is 3. The molecule has 0 atom stereocenters. The number of nitrogens with zero attached hydrogens (tertiary/aromatic N) is 3. The van der Waals surface area contributed by atoms with E-state index in [0.29, 0.717) is 5.82 Å². The van der Waals surface area contributed by atoms with E-state index < -0.39 is 17.5 Å². The molecule has 0 aliphatic rings. The van der Waals surface area contributed by atoms with Crippen LogP contribution in [0, 0.1) is 11.6 Å². The Morgan fingerprint density at radius 3 is 2.78 bits per heavy atom. The molecule has 1 N–H and O–H groups in total. The first-order valence-electron chi connectivity index (χ1n) is 6.46. The van der Waals surface area contributed by atoms with Crippen molar-refractivity contribution in [2.45, 2.75) is 0 Å². The molecule has 23 heavy (non-hydrogen) atoms. The molecule has 2 heterocycles. The van der Waals surface area contributed by atoms with Gasteiger partial charge in [-0.05, 0) is 34.1 Å². The highest BCUT2D eigenvalue weighted by Gasteiger charge is 2.14. The molecule has 0 aliphatic heterocycles. The Morgan fingerprint density at radius 2 is 2.04 bits per heavy atom. The van der Waals surface area contributed by atoms with Gasteiger partial charge in [-0.3, -0.25) is 9.36 Å². The molecule has 0 saturated carbocycles. The van der Waals surface area contributed by atoms with Crippen LogP contribution in [-0.4, -0.2) is 20.4 Å². The van der Waals surface area contributed by atoms with Crippen LogP contribution in [0.5, 0.6) is 0 Å². The van der Waals surface area contributed by atoms with E-state index in [2.05, 4.69) is 31.2 Å². The fourth-order valence-electron chi connectivity index (χ4n) is 1.89. The maximum atomic E-state index is 13.8. The predicted molar refractivity (Wildman–Crippen MR) is 83.4 cm³/mol. The molecule has 8 heteroatoms. The van der Waals surface area contributed by atoms with Gasteiger partial charge in [0.25, 0.3) is 5.91 Å². The average molecular weight is 379 g/mol. The number of halogens is 3. The van der Waals surface area contributed by atoms with Gasteiger partial charge in [-0.25, -0.2) is 18.7 Å². The first-order valence-corrected chi connectivity index (χ1v) is 7.25. The Kier molecular flexibility index (Phi) is 4.16. The summed E-state index contributed by atoms with van der Waals surface area (Å²) in [6.07, 6.45) is 4.79. The topological polar surface area (TPSA) is 59.8 Å². The fourth-order valence-corrected chi connectivity index (χ4v) is 2.21. The maximum absolute atomic E-state index is 13.8.